The average molecular weight is 516 g/mol. The van der Waals surface area contributed by atoms with Gasteiger partial charge in [-0.25, -0.2) is 9.99 Å². The molecule has 0 saturated carbocycles. The number of nitrogens with one attached hydrogen (secondary N) is 1. The summed E-state index contributed by atoms with van der Waals surface area (Å²) in [6, 6.07) is 13.0. The number of primary amides is 1. The van der Waals surface area contributed by atoms with Gasteiger partial charge in [-0.2, -0.15) is 5.10 Å². The first-order valence-corrected chi connectivity index (χ1v) is 12.1. The molecule has 1 aromatic heterocycles. The van der Waals surface area contributed by atoms with Crippen LogP contribution in [0.1, 0.15) is 39.9 Å². The van der Waals surface area contributed by atoms with Crippen LogP contribution < -0.4 is 25.5 Å². The van der Waals surface area contributed by atoms with Gasteiger partial charge in [-0.1, -0.05) is 17.7 Å². The summed E-state index contributed by atoms with van der Waals surface area (Å²) >= 11 is 5.94. The smallest absolute Gasteiger partial charge is 0.265 e. The van der Waals surface area contributed by atoms with Gasteiger partial charge in [-0.15, -0.1) is 0 Å². The highest BCUT2D eigenvalue weighted by Crippen LogP contribution is 2.44. The Labute approximate surface area is 217 Å². The minimum atomic E-state index is -0.559. The number of aromatic nitrogens is 1. The fourth-order valence-corrected chi connectivity index (χ4v) is 5.04. The number of hydrogen-bond acceptors (Lipinski definition) is 7. The number of pyridine rings is 1. The van der Waals surface area contributed by atoms with Crippen molar-refractivity contribution in [3.05, 3.63) is 81.6 Å². The maximum Gasteiger partial charge on any atom is 0.265 e. The first-order chi connectivity index (χ1) is 17.9. The second-order valence-electron chi connectivity index (χ2n) is 9.04. The van der Waals surface area contributed by atoms with Crippen molar-refractivity contribution >= 4 is 46.2 Å². The molecule has 37 heavy (non-hydrogen) atoms. The van der Waals surface area contributed by atoms with Gasteiger partial charge in [0.2, 0.25) is 6.79 Å². The maximum atomic E-state index is 13.0. The van der Waals surface area contributed by atoms with Crippen LogP contribution in [0, 0.1) is 6.92 Å². The molecule has 1 aliphatic carbocycles. The minimum Gasteiger partial charge on any atom is -0.454 e. The SMILES string of the molecule is Cc1cc(Cl)ncc1C(=O)Nc1ccc2c(c1)C1=C(CC2)CC(C(N)=O)=NN1c1ccc2c(c1)OCO2. The van der Waals surface area contributed by atoms with E-state index in [9.17, 15) is 9.59 Å². The molecule has 0 saturated heterocycles. The zero-order chi connectivity index (χ0) is 25.7. The van der Waals surface area contributed by atoms with E-state index in [1.54, 1.807) is 11.1 Å². The summed E-state index contributed by atoms with van der Waals surface area (Å²) in [5, 5.41) is 9.67. The van der Waals surface area contributed by atoms with Gasteiger partial charge in [0.1, 0.15) is 10.9 Å². The van der Waals surface area contributed by atoms with Crippen LogP contribution in [0.25, 0.3) is 5.70 Å². The molecule has 0 bridgehead atoms. The third-order valence-electron chi connectivity index (χ3n) is 6.67. The Balaban J connectivity index is 1.40. The van der Waals surface area contributed by atoms with E-state index in [0.29, 0.717) is 40.0 Å². The number of nitrogens with zero attached hydrogens (tertiary/aromatic N) is 3. The number of carbonyl (C=O) groups excluding carboxylic acids is 2. The lowest BCUT2D eigenvalue weighted by atomic mass is 9.85. The second kappa shape index (κ2) is 8.94. The van der Waals surface area contributed by atoms with Crippen LogP contribution in [0.4, 0.5) is 11.4 Å². The molecule has 3 N–H and O–H groups in total. The molecule has 0 radical (unpaired) electrons. The third kappa shape index (κ3) is 4.17. The Morgan fingerprint density at radius 2 is 1.92 bits per heavy atom. The Morgan fingerprint density at radius 3 is 2.73 bits per heavy atom. The van der Waals surface area contributed by atoms with Gasteiger partial charge in [0.05, 0.1) is 16.9 Å². The number of allylic oxidation sites excluding steroid dienone is 1. The van der Waals surface area contributed by atoms with Gasteiger partial charge in [0, 0.05) is 29.9 Å². The lowest BCUT2D eigenvalue weighted by molar-refractivity contribution is -0.112. The number of hydrazone groups is 1. The summed E-state index contributed by atoms with van der Waals surface area (Å²) < 4.78 is 11.0. The molecule has 0 spiro atoms. The molecule has 2 aliphatic heterocycles. The number of ether oxygens (including phenoxy) is 2. The van der Waals surface area contributed by atoms with Crippen molar-refractivity contribution in [2.24, 2.45) is 10.8 Å². The van der Waals surface area contributed by atoms with E-state index in [0.717, 1.165) is 40.8 Å². The number of amides is 2. The van der Waals surface area contributed by atoms with E-state index in [-0.39, 0.29) is 18.4 Å². The molecule has 2 aromatic carbocycles. The van der Waals surface area contributed by atoms with Crippen LogP contribution >= 0.6 is 11.6 Å². The van der Waals surface area contributed by atoms with Gasteiger partial charge in [-0.05, 0) is 66.8 Å². The molecular formula is C27H22ClN5O4. The number of hydrogen-bond donors (Lipinski definition) is 2. The summed E-state index contributed by atoms with van der Waals surface area (Å²) in [5.41, 5.74) is 12.4. The fourth-order valence-electron chi connectivity index (χ4n) is 4.83. The van der Waals surface area contributed by atoms with Crippen molar-refractivity contribution in [3.63, 3.8) is 0 Å². The monoisotopic (exact) mass is 515 g/mol. The topological polar surface area (TPSA) is 119 Å². The molecule has 6 rings (SSSR count). The van der Waals surface area contributed by atoms with Gasteiger partial charge in [-0.3, -0.25) is 9.59 Å². The van der Waals surface area contributed by atoms with Crippen LogP contribution in [-0.2, 0) is 11.2 Å². The van der Waals surface area contributed by atoms with Gasteiger partial charge < -0.3 is 20.5 Å². The number of carbonyl (C=O) groups is 2. The highest BCUT2D eigenvalue weighted by Gasteiger charge is 2.32. The van der Waals surface area contributed by atoms with Crippen molar-refractivity contribution in [3.8, 4) is 11.5 Å². The summed E-state index contributed by atoms with van der Waals surface area (Å²) in [7, 11) is 0. The standard InChI is InChI=1S/C27H22ClN5O4/c1-14-8-24(28)30-12-20(14)27(35)31-17-5-4-15-2-3-16-9-21(26(29)34)32-33(25(16)19(15)10-17)18-6-7-22-23(11-18)37-13-36-22/h4-8,10-12H,2-3,9,13H2,1H3,(H2,29,34)(H,31,35). The van der Waals surface area contributed by atoms with Gasteiger partial charge in [0.15, 0.2) is 11.5 Å². The largest absolute Gasteiger partial charge is 0.454 e. The van der Waals surface area contributed by atoms with Crippen LogP contribution in [0.2, 0.25) is 5.15 Å². The van der Waals surface area contributed by atoms with Crippen molar-refractivity contribution in [2.75, 3.05) is 17.1 Å². The number of benzene rings is 2. The van der Waals surface area contributed by atoms with Crippen molar-refractivity contribution in [1.29, 1.82) is 0 Å². The van der Waals surface area contributed by atoms with Crippen molar-refractivity contribution in [2.45, 2.75) is 26.2 Å². The first-order valence-electron chi connectivity index (χ1n) is 11.7. The van der Waals surface area contributed by atoms with Gasteiger partial charge >= 0.3 is 0 Å². The van der Waals surface area contributed by atoms with Crippen molar-refractivity contribution in [1.82, 2.24) is 4.98 Å². The number of halogens is 1. The predicted molar refractivity (Wildman–Crippen MR) is 140 cm³/mol. The number of anilines is 2. The van der Waals surface area contributed by atoms with E-state index in [1.807, 2.05) is 43.3 Å². The van der Waals surface area contributed by atoms with Crippen LogP contribution in [0.5, 0.6) is 11.5 Å². The molecule has 3 heterocycles. The Morgan fingerprint density at radius 1 is 1.08 bits per heavy atom. The maximum absolute atomic E-state index is 13.0. The average Bonchev–Trinajstić information content (AvgIpc) is 3.35. The molecule has 0 atom stereocenters. The lowest BCUT2D eigenvalue weighted by Gasteiger charge is -2.34. The third-order valence-corrected chi connectivity index (χ3v) is 6.88. The predicted octanol–water partition coefficient (Wildman–Crippen LogP) is 4.43. The van der Waals surface area contributed by atoms with E-state index in [1.165, 1.54) is 6.20 Å². The molecule has 3 aromatic rings. The zero-order valence-electron chi connectivity index (χ0n) is 19.9. The van der Waals surface area contributed by atoms with Crippen molar-refractivity contribution < 1.29 is 19.1 Å². The molecule has 2 amide bonds. The minimum absolute atomic E-state index is 0.150. The number of aryl methyl sites for hydroxylation is 2. The summed E-state index contributed by atoms with van der Waals surface area (Å²) in [6.07, 6.45) is 3.40. The Hall–Kier alpha value is -4.37. The molecule has 3 aliphatic rings. The molecule has 10 heteroatoms. The van der Waals surface area contributed by atoms with Gasteiger partial charge in [0.25, 0.3) is 11.8 Å². The zero-order valence-corrected chi connectivity index (χ0v) is 20.6. The van der Waals surface area contributed by atoms with Crippen LogP contribution in [0.3, 0.4) is 0 Å². The Kier molecular flexibility index (Phi) is 5.57. The molecule has 186 valence electrons. The number of rotatable bonds is 4. The first kappa shape index (κ1) is 23.1. The van der Waals surface area contributed by atoms with E-state index in [2.05, 4.69) is 15.4 Å². The summed E-state index contributed by atoms with van der Waals surface area (Å²) in [6.45, 7) is 1.96. The second-order valence-corrected chi connectivity index (χ2v) is 9.42. The molecular weight excluding hydrogens is 494 g/mol. The Bertz CT molecular complexity index is 1550. The van der Waals surface area contributed by atoms with Crippen LogP contribution in [-0.4, -0.2) is 29.3 Å². The highest BCUT2D eigenvalue weighted by molar-refractivity contribution is 6.39. The normalized spacial score (nSPS) is 15.6. The lowest BCUT2D eigenvalue weighted by Crippen LogP contribution is -2.33. The van der Waals surface area contributed by atoms with E-state index >= 15 is 0 Å². The highest BCUT2D eigenvalue weighted by atomic mass is 35.5. The molecule has 9 nitrogen and oxygen atoms in total. The van der Waals surface area contributed by atoms with E-state index < -0.39 is 5.91 Å². The summed E-state index contributed by atoms with van der Waals surface area (Å²) in [4.78, 5) is 29.2. The van der Waals surface area contributed by atoms with E-state index in [4.69, 9.17) is 26.8 Å². The van der Waals surface area contributed by atoms with Crippen LogP contribution in [0.15, 0.2) is 59.3 Å². The fraction of sp³-hybridized carbons (Fsp3) is 0.185. The summed E-state index contributed by atoms with van der Waals surface area (Å²) in [5.74, 6) is 0.410. The number of fused-ring (bicyclic) bond motifs is 3. The molecule has 0 fully saturated rings. The number of nitrogens with two attached hydrogens (primary N) is 1. The quantitative estimate of drug-likeness (QED) is 0.496. The molecule has 0 unspecified atom stereocenters.